The van der Waals surface area contributed by atoms with Gasteiger partial charge in [0.25, 0.3) is 0 Å². The van der Waals surface area contributed by atoms with Crippen molar-refractivity contribution in [2.24, 2.45) is 0 Å². The minimum absolute atomic E-state index is 0.00820. The lowest BCUT2D eigenvalue weighted by atomic mass is 9.91. The van der Waals surface area contributed by atoms with Crippen LogP contribution in [0.15, 0.2) is 237 Å². The van der Waals surface area contributed by atoms with Gasteiger partial charge < -0.3 is 38.3 Å². The normalized spacial score (nSPS) is 12.2. The first-order valence-electron chi connectivity index (χ1n) is 30.0. The van der Waals surface area contributed by atoms with Gasteiger partial charge in [-0.05, 0) is 225 Å². The van der Waals surface area contributed by atoms with E-state index in [4.69, 9.17) is 24.0 Å². The Hall–Kier alpha value is -8.93. The van der Waals surface area contributed by atoms with Gasteiger partial charge in [0.1, 0.15) is 29.6 Å². The highest BCUT2D eigenvalue weighted by atomic mass is 31.2. The monoisotopic (exact) mass is 1260 g/mol. The molecule has 0 atom stereocenters. The van der Waals surface area contributed by atoms with E-state index < -0.39 is 23.0 Å². The predicted octanol–water partition coefficient (Wildman–Crippen LogP) is 17.2. The number of benzene rings is 15. The molecule has 16 heteroatoms. The third kappa shape index (κ3) is 13.5. The molecule has 15 aromatic rings. The Morgan fingerprint density at radius 2 is 0.560 bits per heavy atom. The van der Waals surface area contributed by atoms with E-state index in [0.29, 0.717) is 37.1 Å². The molecule has 15 aromatic carbocycles. The smallest absolute Gasteiger partial charge is 0.494 e. The molecule has 6 N–H and O–H groups in total. The van der Waals surface area contributed by atoms with Crippen LogP contribution < -0.4 is 29.3 Å². The number of aryl methyl sites for hydroxylation is 2. The molecule has 13 nitrogen and oxygen atoms in total. The summed E-state index contributed by atoms with van der Waals surface area (Å²) in [6.45, 7) is 1.52. The molecule has 91 heavy (non-hydrogen) atoms. The predicted molar refractivity (Wildman–Crippen MR) is 367 cm³/mol. The Morgan fingerprint density at radius 3 is 0.912 bits per heavy atom. The molecule has 0 saturated carbocycles. The fourth-order valence-electron chi connectivity index (χ4n) is 12.5. The zero-order valence-corrected chi connectivity index (χ0v) is 51.9. The molecule has 0 spiro atoms. The Balaban J connectivity index is 0.000000125. The highest BCUT2D eigenvalue weighted by molar-refractivity contribution is 7.60. The Bertz CT molecular complexity index is 5170. The molecule has 0 aliphatic carbocycles. The van der Waals surface area contributed by atoms with Crippen LogP contribution >= 0.6 is 23.0 Å². The molecule has 0 amide bonds. The summed E-state index contributed by atoms with van der Waals surface area (Å²) in [4.78, 5) is 54.4. The second kappa shape index (κ2) is 25.8. The van der Waals surface area contributed by atoms with Gasteiger partial charge >= 0.3 is 23.0 Å². The fourth-order valence-corrected chi connectivity index (χ4v) is 14.0. The molecular weight excluding hydrogens is 1200 g/mol. The van der Waals surface area contributed by atoms with Crippen LogP contribution in [0.25, 0.3) is 97.0 Å². The molecule has 0 saturated heterocycles. The minimum Gasteiger partial charge on any atom is -0.494 e. The van der Waals surface area contributed by atoms with Crippen molar-refractivity contribution in [2.45, 2.75) is 45.1 Å². The second-order valence-electron chi connectivity index (χ2n) is 22.8. The van der Waals surface area contributed by atoms with E-state index >= 15 is 0 Å². The molecule has 456 valence electrons. The molecule has 0 aromatic heterocycles. The van der Waals surface area contributed by atoms with Crippen LogP contribution in [0.1, 0.15) is 42.4 Å². The summed E-state index contributed by atoms with van der Waals surface area (Å²) in [5, 5.41) is 23.1. The van der Waals surface area contributed by atoms with Crippen molar-refractivity contribution >= 4 is 131 Å². The second-order valence-corrected chi connectivity index (χ2v) is 27.1. The number of phosphoric acid groups is 1. The third-order valence-corrected chi connectivity index (χ3v) is 19.3. The molecule has 0 aliphatic heterocycles. The van der Waals surface area contributed by atoms with Crippen LogP contribution in [0.4, 0.5) is 0 Å². The largest absolute Gasteiger partial charge is 0.524 e. The summed E-state index contributed by atoms with van der Waals surface area (Å²) in [6.07, 6.45) is 5.78. The van der Waals surface area contributed by atoms with Crippen LogP contribution in [0.3, 0.4) is 0 Å². The summed E-state index contributed by atoms with van der Waals surface area (Å²) < 4.78 is 55.3. The maximum absolute atomic E-state index is 11.3. The van der Waals surface area contributed by atoms with E-state index in [1.165, 1.54) is 139 Å². The molecule has 0 aliphatic rings. The van der Waals surface area contributed by atoms with E-state index in [1.807, 2.05) is 0 Å². The van der Waals surface area contributed by atoms with Gasteiger partial charge in [0.2, 0.25) is 0 Å². The van der Waals surface area contributed by atoms with Crippen molar-refractivity contribution in [3.63, 3.8) is 0 Å². The number of hydrogen-bond acceptors (Lipinski definition) is 7. The van der Waals surface area contributed by atoms with E-state index in [2.05, 4.69) is 168 Å². The third-order valence-electron chi connectivity index (χ3n) is 16.9. The van der Waals surface area contributed by atoms with Crippen LogP contribution in [0, 0.1) is 0 Å². The van der Waals surface area contributed by atoms with Gasteiger partial charge in [0.05, 0.1) is 23.8 Å². The van der Waals surface area contributed by atoms with Crippen molar-refractivity contribution in [3.8, 4) is 23.0 Å². The van der Waals surface area contributed by atoms with E-state index in [9.17, 15) is 33.3 Å². The van der Waals surface area contributed by atoms with Crippen LogP contribution in [0.2, 0.25) is 0 Å². The highest BCUT2D eigenvalue weighted by Crippen LogP contribution is 2.42. The first kappa shape index (κ1) is 61.0. The maximum Gasteiger partial charge on any atom is 0.524 e. The lowest BCUT2D eigenvalue weighted by molar-refractivity contribution is 0.282. The molecular formula is C75H63O13P3. The average Bonchev–Trinajstić information content (AvgIpc) is 0.769. The minimum atomic E-state index is -4.54. The van der Waals surface area contributed by atoms with Gasteiger partial charge in [0, 0.05) is 0 Å². The zero-order valence-electron chi connectivity index (χ0n) is 49.3. The standard InChI is InChI=1S/C26H23O5P.C26H23O4P.C23H17O4P/c27-32(28,29)31-23-14-12-22(13-15-23)30-17-2-1-4-18-7-8-21-10-9-19-5-3-6-20-11-16-24(18)26(21)25(19)20;27-31(28,29)23-14-12-22(13-15-23)30-17-2-1-4-18-7-8-21-10-9-19-5-3-6-20-11-16-24(18)26(21)25(19)20;24-28(25,26)20-11-9-19(10-12-20)27-14-18-7-6-17-5-4-15-2-1-3-16-8-13-21(18)23(17)22(15)16/h3,5-16H,1-2,4,17H2,(H2,27,28,29);3,5-16H,1-2,4,17H2,(H2,27,28,29);1-13H,14H2,(H2,24,25,26). The summed E-state index contributed by atoms with van der Waals surface area (Å²) in [7, 11) is -13.0. The quantitative estimate of drug-likeness (QED) is 0.0253. The van der Waals surface area contributed by atoms with Gasteiger partial charge in [-0.1, -0.05) is 164 Å². The van der Waals surface area contributed by atoms with E-state index in [-0.39, 0.29) is 16.4 Å². The van der Waals surface area contributed by atoms with Crippen LogP contribution in [-0.4, -0.2) is 42.6 Å². The van der Waals surface area contributed by atoms with Gasteiger partial charge in [-0.3, -0.25) is 18.9 Å². The fraction of sp³-hybridized carbons (Fsp3) is 0.120. The molecule has 0 heterocycles. The summed E-state index contributed by atoms with van der Waals surface area (Å²) in [5.41, 5.74) is 3.79. The zero-order chi connectivity index (χ0) is 62.9. The topological polar surface area (TPSA) is 210 Å². The van der Waals surface area contributed by atoms with Crippen LogP contribution in [0.5, 0.6) is 23.0 Å². The van der Waals surface area contributed by atoms with Gasteiger partial charge in [-0.2, -0.15) is 0 Å². The van der Waals surface area contributed by atoms with Crippen molar-refractivity contribution < 1.29 is 61.8 Å². The summed E-state index contributed by atoms with van der Waals surface area (Å²) >= 11 is 0. The van der Waals surface area contributed by atoms with Crippen LogP contribution in [-0.2, 0) is 33.1 Å². The first-order valence-corrected chi connectivity index (χ1v) is 34.8. The summed E-state index contributed by atoms with van der Waals surface area (Å²) in [5.74, 6) is 1.95. The number of ether oxygens (including phenoxy) is 3. The Kier molecular flexibility index (Phi) is 17.2. The van der Waals surface area contributed by atoms with Gasteiger partial charge in [-0.25, -0.2) is 4.57 Å². The molecule has 15 rings (SSSR count). The van der Waals surface area contributed by atoms with Crippen molar-refractivity contribution in [1.29, 1.82) is 0 Å². The lowest BCUT2D eigenvalue weighted by Crippen LogP contribution is -2.04. The van der Waals surface area contributed by atoms with Crippen molar-refractivity contribution in [3.05, 3.63) is 253 Å². The Labute approximate surface area is 524 Å². The number of unbranched alkanes of at least 4 members (excludes halogenated alkanes) is 2. The number of hydrogen-bond donors (Lipinski definition) is 6. The highest BCUT2D eigenvalue weighted by Gasteiger charge is 2.20. The molecule has 0 bridgehead atoms. The Morgan fingerprint density at radius 1 is 0.275 bits per heavy atom. The number of rotatable bonds is 19. The first-order chi connectivity index (χ1) is 44.0. The van der Waals surface area contributed by atoms with E-state index in [0.717, 1.165) is 49.5 Å². The van der Waals surface area contributed by atoms with Crippen molar-refractivity contribution in [2.75, 3.05) is 13.2 Å². The lowest BCUT2D eigenvalue weighted by Gasteiger charge is -2.14. The van der Waals surface area contributed by atoms with Gasteiger partial charge in [0.15, 0.2) is 0 Å². The maximum atomic E-state index is 11.3. The molecule has 0 fully saturated rings. The molecule has 0 radical (unpaired) electrons. The molecule has 0 unspecified atom stereocenters. The van der Waals surface area contributed by atoms with Crippen molar-refractivity contribution in [1.82, 2.24) is 0 Å². The van der Waals surface area contributed by atoms with E-state index in [1.54, 1.807) is 36.4 Å². The summed E-state index contributed by atoms with van der Waals surface area (Å²) in [6, 6.07) is 77.0. The average molecular weight is 1270 g/mol. The number of phosphoric ester groups is 1. The SMILES string of the molecule is O=P(O)(O)Oc1ccc(OCCCCc2ccc3ccc4cccc5ccc2c3c45)cc1.O=P(O)(O)c1ccc(OCCCCc2ccc3ccc4cccc5ccc2c3c45)cc1.O=P(O)(O)c1ccc(OCc2ccc3ccc4cccc5ccc2c3c45)cc1. The van der Waals surface area contributed by atoms with Gasteiger partial charge in [-0.15, -0.1) is 0 Å².